The van der Waals surface area contributed by atoms with Gasteiger partial charge in [0.25, 0.3) is 11.6 Å². The van der Waals surface area contributed by atoms with Crippen molar-refractivity contribution in [3.63, 3.8) is 0 Å². The van der Waals surface area contributed by atoms with Crippen LogP contribution in [0.15, 0.2) is 18.2 Å². The Balaban J connectivity index is 2.31. The fraction of sp³-hybridized carbons (Fsp3) is 0.462. The molecule has 0 bridgehead atoms. The number of nitrogens with two attached hydrogens (primary N) is 1. The van der Waals surface area contributed by atoms with Gasteiger partial charge in [0.2, 0.25) is 0 Å². The fourth-order valence-electron chi connectivity index (χ4n) is 2.29. The third-order valence-electron chi connectivity index (χ3n) is 3.89. The summed E-state index contributed by atoms with van der Waals surface area (Å²) in [5, 5.41) is 13.9. The quantitative estimate of drug-likeness (QED) is 0.436. The molecule has 1 fully saturated rings. The molecule has 8 heteroatoms. The smallest absolute Gasteiger partial charge is 0.282 e. The number of benzene rings is 1. The largest absolute Gasteiger partial charge is 0.376 e. The molecule has 1 saturated heterocycles. The maximum atomic E-state index is 12.4. The maximum Gasteiger partial charge on any atom is 0.282 e. The molecule has 0 saturated carbocycles. The van der Waals surface area contributed by atoms with E-state index >= 15 is 0 Å². The second kappa shape index (κ2) is 5.66. The van der Waals surface area contributed by atoms with Crippen molar-refractivity contribution in [1.82, 2.24) is 5.32 Å². The van der Waals surface area contributed by atoms with Gasteiger partial charge in [0.05, 0.1) is 16.6 Å². The van der Waals surface area contributed by atoms with E-state index in [0.29, 0.717) is 18.7 Å². The van der Waals surface area contributed by atoms with Crippen molar-refractivity contribution in [3.05, 3.63) is 33.9 Å². The number of hydrazine groups is 1. The van der Waals surface area contributed by atoms with Crippen LogP contribution in [0, 0.1) is 10.1 Å². The lowest BCUT2D eigenvalue weighted by Gasteiger charge is -2.28. The van der Waals surface area contributed by atoms with Gasteiger partial charge in [-0.15, -0.1) is 0 Å². The topological polar surface area (TPSA) is 120 Å². The van der Waals surface area contributed by atoms with Crippen LogP contribution in [0.4, 0.5) is 11.4 Å². The molecule has 1 aliphatic heterocycles. The Kier molecular flexibility index (Phi) is 4.10. The van der Waals surface area contributed by atoms with Gasteiger partial charge < -0.3 is 15.5 Å². The van der Waals surface area contributed by atoms with Crippen LogP contribution in [0.2, 0.25) is 0 Å². The zero-order chi connectivity index (χ0) is 15.6. The molecule has 2 unspecified atom stereocenters. The Labute approximate surface area is 121 Å². The van der Waals surface area contributed by atoms with Crippen molar-refractivity contribution < 1.29 is 14.5 Å². The Bertz CT molecular complexity index is 577. The molecule has 21 heavy (non-hydrogen) atoms. The average Bonchev–Trinajstić information content (AvgIpc) is 2.77. The second-order valence-corrected chi connectivity index (χ2v) is 5.27. The number of nitro benzene ring substituents is 1. The number of carbonyl (C=O) groups excluding carboxylic acids is 1. The van der Waals surface area contributed by atoms with Gasteiger partial charge in [-0.3, -0.25) is 20.8 Å². The van der Waals surface area contributed by atoms with Crippen LogP contribution in [0.25, 0.3) is 0 Å². The molecule has 2 atom stereocenters. The maximum absolute atomic E-state index is 12.4. The number of nitro groups is 1. The van der Waals surface area contributed by atoms with Crippen molar-refractivity contribution in [2.45, 2.75) is 31.9 Å². The van der Waals surface area contributed by atoms with Crippen LogP contribution < -0.4 is 16.6 Å². The minimum Gasteiger partial charge on any atom is -0.376 e. The SMILES string of the molecule is CC1OCCC1(C)NC(=O)c1cc(NN)ccc1[N+](=O)[O-]. The molecule has 114 valence electrons. The minimum absolute atomic E-state index is 0.0317. The number of nitrogen functional groups attached to an aromatic ring is 1. The Morgan fingerprint density at radius 1 is 1.57 bits per heavy atom. The zero-order valence-corrected chi connectivity index (χ0v) is 11.9. The van der Waals surface area contributed by atoms with Gasteiger partial charge in [-0.25, -0.2) is 0 Å². The molecule has 0 spiro atoms. The van der Waals surface area contributed by atoms with E-state index in [1.165, 1.54) is 18.2 Å². The molecule has 4 N–H and O–H groups in total. The minimum atomic E-state index is -0.591. The summed E-state index contributed by atoms with van der Waals surface area (Å²) in [5.74, 6) is 4.77. The van der Waals surface area contributed by atoms with Crippen molar-refractivity contribution in [1.29, 1.82) is 0 Å². The first-order chi connectivity index (χ1) is 9.87. The second-order valence-electron chi connectivity index (χ2n) is 5.27. The van der Waals surface area contributed by atoms with E-state index in [-0.39, 0.29) is 17.4 Å². The van der Waals surface area contributed by atoms with E-state index in [2.05, 4.69) is 10.7 Å². The van der Waals surface area contributed by atoms with Gasteiger partial charge in [0.15, 0.2) is 0 Å². The summed E-state index contributed by atoms with van der Waals surface area (Å²) in [7, 11) is 0. The highest BCUT2D eigenvalue weighted by molar-refractivity contribution is 5.99. The average molecular weight is 294 g/mol. The summed E-state index contributed by atoms with van der Waals surface area (Å²) in [5.41, 5.74) is 1.96. The van der Waals surface area contributed by atoms with Gasteiger partial charge in [-0.2, -0.15) is 0 Å². The number of carbonyl (C=O) groups is 1. The van der Waals surface area contributed by atoms with Crippen LogP contribution in [0.5, 0.6) is 0 Å². The highest BCUT2D eigenvalue weighted by Gasteiger charge is 2.39. The molecule has 0 radical (unpaired) electrons. The van der Waals surface area contributed by atoms with Crippen LogP contribution >= 0.6 is 0 Å². The number of nitrogens with zero attached hydrogens (tertiary/aromatic N) is 1. The highest BCUT2D eigenvalue weighted by Crippen LogP contribution is 2.28. The number of rotatable bonds is 4. The number of anilines is 1. The lowest BCUT2D eigenvalue weighted by molar-refractivity contribution is -0.385. The summed E-state index contributed by atoms with van der Waals surface area (Å²) in [6, 6.07) is 4.05. The summed E-state index contributed by atoms with van der Waals surface area (Å²) in [4.78, 5) is 22.9. The molecule has 1 aliphatic rings. The first-order valence-electron chi connectivity index (χ1n) is 6.56. The normalized spacial score (nSPS) is 24.6. The molecule has 2 rings (SSSR count). The molecular formula is C13H18N4O4. The molecule has 1 amide bonds. The molecule has 0 aliphatic carbocycles. The number of ether oxygens (including phenoxy) is 1. The summed E-state index contributed by atoms with van der Waals surface area (Å²) < 4.78 is 5.45. The van der Waals surface area contributed by atoms with Crippen molar-refractivity contribution in [2.75, 3.05) is 12.0 Å². The van der Waals surface area contributed by atoms with Gasteiger partial charge in [-0.1, -0.05) is 0 Å². The predicted octanol–water partition coefficient (Wildman–Crippen LogP) is 1.18. The number of nitrogens with one attached hydrogen (secondary N) is 2. The van der Waals surface area contributed by atoms with E-state index in [1.807, 2.05) is 13.8 Å². The van der Waals surface area contributed by atoms with Gasteiger partial charge >= 0.3 is 0 Å². The third kappa shape index (κ3) is 2.96. The number of hydrogen-bond donors (Lipinski definition) is 3. The summed E-state index contributed by atoms with van der Waals surface area (Å²) in [6.45, 7) is 4.27. The van der Waals surface area contributed by atoms with Gasteiger partial charge in [0.1, 0.15) is 5.56 Å². The van der Waals surface area contributed by atoms with E-state index in [1.54, 1.807) is 0 Å². The number of hydrogen-bond acceptors (Lipinski definition) is 6. The zero-order valence-electron chi connectivity index (χ0n) is 11.9. The molecule has 1 heterocycles. The van der Waals surface area contributed by atoms with Crippen molar-refractivity contribution in [2.24, 2.45) is 5.84 Å². The van der Waals surface area contributed by atoms with E-state index in [9.17, 15) is 14.9 Å². The lowest BCUT2D eigenvalue weighted by atomic mass is 9.94. The molecular weight excluding hydrogens is 276 g/mol. The number of amides is 1. The highest BCUT2D eigenvalue weighted by atomic mass is 16.6. The van der Waals surface area contributed by atoms with Crippen LogP contribution in [-0.4, -0.2) is 29.1 Å². The standard InChI is InChI=1S/C13H18N4O4/c1-8-13(2,5-6-21-8)15-12(18)10-7-9(16-14)3-4-11(10)17(19)20/h3-4,7-8,16H,5-6,14H2,1-2H3,(H,15,18). The van der Waals surface area contributed by atoms with E-state index in [4.69, 9.17) is 10.6 Å². The van der Waals surface area contributed by atoms with Crippen molar-refractivity contribution >= 4 is 17.3 Å². The Morgan fingerprint density at radius 2 is 2.29 bits per heavy atom. The monoisotopic (exact) mass is 294 g/mol. The molecule has 0 aromatic heterocycles. The van der Waals surface area contributed by atoms with Crippen LogP contribution in [0.3, 0.4) is 0 Å². The molecule has 1 aromatic carbocycles. The first kappa shape index (κ1) is 15.2. The van der Waals surface area contributed by atoms with Crippen molar-refractivity contribution in [3.8, 4) is 0 Å². The summed E-state index contributed by atoms with van der Waals surface area (Å²) >= 11 is 0. The van der Waals surface area contributed by atoms with E-state index in [0.717, 1.165) is 0 Å². The van der Waals surface area contributed by atoms with Gasteiger partial charge in [0, 0.05) is 18.4 Å². The summed E-state index contributed by atoms with van der Waals surface area (Å²) in [6.07, 6.45) is 0.499. The van der Waals surface area contributed by atoms with Gasteiger partial charge in [-0.05, 0) is 32.4 Å². The van der Waals surface area contributed by atoms with Crippen LogP contribution in [-0.2, 0) is 4.74 Å². The van der Waals surface area contributed by atoms with Crippen LogP contribution in [0.1, 0.15) is 30.6 Å². The first-order valence-corrected chi connectivity index (χ1v) is 6.56. The predicted molar refractivity (Wildman–Crippen MR) is 76.8 cm³/mol. The Hall–Kier alpha value is -2.19. The Morgan fingerprint density at radius 3 is 2.81 bits per heavy atom. The fourth-order valence-corrected chi connectivity index (χ4v) is 2.29. The molecule has 1 aromatic rings. The molecule has 8 nitrogen and oxygen atoms in total. The lowest BCUT2D eigenvalue weighted by Crippen LogP contribution is -2.50. The van der Waals surface area contributed by atoms with E-state index < -0.39 is 16.4 Å². The third-order valence-corrected chi connectivity index (χ3v) is 3.89.